The molecule has 2 N–H and O–H groups in total. The maximum absolute atomic E-state index is 5.81. The Morgan fingerprint density at radius 3 is 2.59 bits per heavy atom. The molecule has 29 heavy (non-hydrogen) atoms. The monoisotopic (exact) mass is 504 g/mol. The van der Waals surface area contributed by atoms with Gasteiger partial charge in [-0.2, -0.15) is 0 Å². The van der Waals surface area contributed by atoms with E-state index in [0.717, 1.165) is 23.6 Å². The Morgan fingerprint density at radius 2 is 1.79 bits per heavy atom. The van der Waals surface area contributed by atoms with Gasteiger partial charge in [-0.1, -0.05) is 61.5 Å². The average Bonchev–Trinajstić information content (AvgIpc) is 2.74. The highest BCUT2D eigenvalue weighted by atomic mass is 127. The molecule has 0 amide bonds. The van der Waals surface area contributed by atoms with Crippen LogP contribution in [0.25, 0.3) is 10.8 Å². The van der Waals surface area contributed by atoms with Crippen LogP contribution >= 0.6 is 24.0 Å². The molecule has 2 aromatic carbocycles. The third kappa shape index (κ3) is 7.29. The molecular formula is C23H29IN4O. The van der Waals surface area contributed by atoms with E-state index in [4.69, 9.17) is 4.74 Å². The Kier molecular flexibility index (Phi) is 9.87. The fraction of sp³-hybridized carbons (Fsp3) is 0.304. The van der Waals surface area contributed by atoms with Gasteiger partial charge in [-0.15, -0.1) is 24.0 Å². The van der Waals surface area contributed by atoms with E-state index in [2.05, 4.69) is 51.8 Å². The van der Waals surface area contributed by atoms with E-state index in [0.29, 0.717) is 25.7 Å². The molecular weight excluding hydrogens is 475 g/mol. The molecule has 0 aliphatic rings. The number of hydrogen-bond acceptors (Lipinski definition) is 3. The Balaban J connectivity index is 0.00000300. The van der Waals surface area contributed by atoms with Crippen molar-refractivity contribution in [1.29, 1.82) is 0 Å². The number of hydrogen-bond donors (Lipinski definition) is 2. The SMILES string of the molecule is CN=C(NCc1nccc2ccccc12)NCC(C)COCc1ccccc1.I. The Bertz CT molecular complexity index is 896. The van der Waals surface area contributed by atoms with Gasteiger partial charge in [0.25, 0.3) is 0 Å². The van der Waals surface area contributed by atoms with Crippen molar-refractivity contribution in [3.05, 3.63) is 78.1 Å². The molecule has 6 heteroatoms. The minimum Gasteiger partial charge on any atom is -0.376 e. The number of halogens is 1. The van der Waals surface area contributed by atoms with Gasteiger partial charge in [-0.05, 0) is 22.9 Å². The molecule has 1 atom stereocenters. The van der Waals surface area contributed by atoms with Gasteiger partial charge < -0.3 is 15.4 Å². The molecule has 1 unspecified atom stereocenters. The van der Waals surface area contributed by atoms with E-state index >= 15 is 0 Å². The summed E-state index contributed by atoms with van der Waals surface area (Å²) < 4.78 is 5.81. The Hall–Kier alpha value is -2.19. The van der Waals surface area contributed by atoms with Crippen molar-refractivity contribution >= 4 is 40.7 Å². The van der Waals surface area contributed by atoms with Crippen LogP contribution in [0.4, 0.5) is 0 Å². The lowest BCUT2D eigenvalue weighted by atomic mass is 10.1. The largest absolute Gasteiger partial charge is 0.376 e. The summed E-state index contributed by atoms with van der Waals surface area (Å²) in [5, 5.41) is 9.08. The standard InChI is InChI=1S/C23H28N4O.HI/c1-18(16-28-17-19-8-4-3-5-9-19)14-26-23(24-2)27-15-22-21-11-7-6-10-20(21)12-13-25-22;/h3-13,18H,14-17H2,1-2H3,(H2,24,26,27);1H. The predicted octanol–water partition coefficient (Wildman–Crippen LogP) is 4.37. The molecule has 0 saturated heterocycles. The number of nitrogens with zero attached hydrogens (tertiary/aromatic N) is 2. The van der Waals surface area contributed by atoms with Crippen LogP contribution in [0, 0.1) is 5.92 Å². The van der Waals surface area contributed by atoms with E-state index in [1.54, 1.807) is 7.05 Å². The number of aromatic nitrogens is 1. The predicted molar refractivity (Wildman–Crippen MR) is 131 cm³/mol. The topological polar surface area (TPSA) is 58.5 Å². The Morgan fingerprint density at radius 1 is 1.03 bits per heavy atom. The summed E-state index contributed by atoms with van der Waals surface area (Å²) in [4.78, 5) is 8.82. The molecule has 5 nitrogen and oxygen atoms in total. The quantitative estimate of drug-likeness (QED) is 0.272. The van der Waals surface area contributed by atoms with Crippen molar-refractivity contribution in [2.24, 2.45) is 10.9 Å². The normalized spacial score (nSPS) is 12.3. The fourth-order valence-electron chi connectivity index (χ4n) is 2.99. The highest BCUT2D eigenvalue weighted by molar-refractivity contribution is 14.0. The first-order chi connectivity index (χ1) is 13.8. The second-order valence-electron chi connectivity index (χ2n) is 6.89. The highest BCUT2D eigenvalue weighted by Crippen LogP contribution is 2.15. The molecule has 154 valence electrons. The van der Waals surface area contributed by atoms with Crippen molar-refractivity contribution < 1.29 is 4.74 Å². The van der Waals surface area contributed by atoms with Gasteiger partial charge in [0, 0.05) is 25.2 Å². The molecule has 0 saturated carbocycles. The van der Waals surface area contributed by atoms with Crippen LogP contribution in [0.2, 0.25) is 0 Å². The van der Waals surface area contributed by atoms with Crippen LogP contribution in [-0.2, 0) is 17.9 Å². The van der Waals surface area contributed by atoms with Crippen LogP contribution in [-0.4, -0.2) is 31.1 Å². The highest BCUT2D eigenvalue weighted by Gasteiger charge is 2.06. The number of ether oxygens (including phenoxy) is 1. The van der Waals surface area contributed by atoms with Crippen molar-refractivity contribution in [1.82, 2.24) is 15.6 Å². The van der Waals surface area contributed by atoms with Crippen molar-refractivity contribution in [3.8, 4) is 0 Å². The van der Waals surface area contributed by atoms with Crippen molar-refractivity contribution in [2.45, 2.75) is 20.1 Å². The van der Waals surface area contributed by atoms with Gasteiger partial charge >= 0.3 is 0 Å². The van der Waals surface area contributed by atoms with E-state index in [1.165, 1.54) is 10.9 Å². The lowest BCUT2D eigenvalue weighted by Gasteiger charge is -2.16. The fourth-order valence-corrected chi connectivity index (χ4v) is 2.99. The van der Waals surface area contributed by atoms with Gasteiger partial charge in [0.2, 0.25) is 0 Å². The van der Waals surface area contributed by atoms with Crippen molar-refractivity contribution in [3.63, 3.8) is 0 Å². The molecule has 1 aromatic heterocycles. The average molecular weight is 504 g/mol. The smallest absolute Gasteiger partial charge is 0.191 e. The summed E-state index contributed by atoms with van der Waals surface area (Å²) in [6.45, 7) is 4.92. The molecule has 0 spiro atoms. The van der Waals surface area contributed by atoms with E-state index in [1.807, 2.05) is 42.6 Å². The van der Waals surface area contributed by atoms with E-state index < -0.39 is 0 Å². The first-order valence-electron chi connectivity index (χ1n) is 9.65. The van der Waals surface area contributed by atoms with E-state index in [-0.39, 0.29) is 24.0 Å². The number of guanidine groups is 1. The number of nitrogens with one attached hydrogen (secondary N) is 2. The van der Waals surface area contributed by atoms with E-state index in [9.17, 15) is 0 Å². The first kappa shape index (κ1) is 23.1. The van der Waals surface area contributed by atoms with Crippen LogP contribution in [0.5, 0.6) is 0 Å². The first-order valence-corrected chi connectivity index (χ1v) is 9.65. The zero-order valence-electron chi connectivity index (χ0n) is 17.0. The summed E-state index contributed by atoms with van der Waals surface area (Å²) in [5.74, 6) is 1.14. The number of benzene rings is 2. The molecule has 3 aromatic rings. The van der Waals surface area contributed by atoms with Gasteiger partial charge in [-0.25, -0.2) is 0 Å². The number of aliphatic imine (C=N–C) groups is 1. The zero-order chi connectivity index (χ0) is 19.6. The minimum atomic E-state index is 0. The van der Waals surface area contributed by atoms with Crippen molar-refractivity contribution in [2.75, 3.05) is 20.2 Å². The summed E-state index contributed by atoms with van der Waals surface area (Å²) in [5.41, 5.74) is 2.21. The summed E-state index contributed by atoms with van der Waals surface area (Å²) in [6, 6.07) is 20.6. The molecule has 0 aliphatic heterocycles. The van der Waals surface area contributed by atoms with Gasteiger partial charge in [0.05, 0.1) is 25.5 Å². The molecule has 1 heterocycles. The second-order valence-corrected chi connectivity index (χ2v) is 6.89. The van der Waals surface area contributed by atoms with Gasteiger partial charge in [0.1, 0.15) is 0 Å². The molecule has 3 rings (SSSR count). The molecule has 0 fully saturated rings. The molecule has 0 radical (unpaired) electrons. The van der Waals surface area contributed by atoms with Gasteiger partial charge in [-0.3, -0.25) is 9.98 Å². The van der Waals surface area contributed by atoms with Crippen LogP contribution in [0.15, 0.2) is 71.9 Å². The number of pyridine rings is 1. The number of fused-ring (bicyclic) bond motifs is 1. The lowest BCUT2D eigenvalue weighted by Crippen LogP contribution is -2.39. The van der Waals surface area contributed by atoms with Crippen LogP contribution in [0.3, 0.4) is 0 Å². The summed E-state index contributed by atoms with van der Waals surface area (Å²) >= 11 is 0. The summed E-state index contributed by atoms with van der Waals surface area (Å²) in [7, 11) is 1.78. The maximum atomic E-state index is 5.81. The Labute approximate surface area is 190 Å². The lowest BCUT2D eigenvalue weighted by molar-refractivity contribution is 0.0931. The maximum Gasteiger partial charge on any atom is 0.191 e. The van der Waals surface area contributed by atoms with Crippen LogP contribution < -0.4 is 10.6 Å². The third-order valence-electron chi connectivity index (χ3n) is 4.53. The van der Waals surface area contributed by atoms with Crippen LogP contribution in [0.1, 0.15) is 18.2 Å². The summed E-state index contributed by atoms with van der Waals surface area (Å²) in [6.07, 6.45) is 1.85. The zero-order valence-corrected chi connectivity index (χ0v) is 19.3. The molecule has 0 bridgehead atoms. The number of rotatable bonds is 8. The minimum absolute atomic E-state index is 0. The van der Waals surface area contributed by atoms with Gasteiger partial charge in [0.15, 0.2) is 5.96 Å². The second kappa shape index (κ2) is 12.4. The third-order valence-corrected chi connectivity index (χ3v) is 4.53. The molecule has 0 aliphatic carbocycles.